The van der Waals surface area contributed by atoms with Gasteiger partial charge in [-0.15, -0.1) is 0 Å². The molecule has 18 heavy (non-hydrogen) atoms. The van der Waals surface area contributed by atoms with Gasteiger partial charge in [-0.05, 0) is 48.2 Å². The summed E-state index contributed by atoms with van der Waals surface area (Å²) in [5.74, 6) is 0. The molecule has 0 aromatic heterocycles. The third kappa shape index (κ3) is 2.06. The zero-order valence-electron chi connectivity index (χ0n) is 11.5. The van der Waals surface area contributed by atoms with Crippen molar-refractivity contribution >= 4 is 11.4 Å². The van der Waals surface area contributed by atoms with E-state index in [1.165, 1.54) is 33.6 Å². The minimum absolute atomic E-state index is 1.18. The van der Waals surface area contributed by atoms with Gasteiger partial charge in [0.25, 0.3) is 0 Å². The maximum Gasteiger partial charge on any atom is 0.0373 e. The highest BCUT2D eigenvalue weighted by Crippen LogP contribution is 2.33. The Morgan fingerprint density at radius 1 is 0.667 bits per heavy atom. The van der Waals surface area contributed by atoms with E-state index in [0.29, 0.717) is 0 Å². The van der Waals surface area contributed by atoms with E-state index in [4.69, 9.17) is 0 Å². The van der Waals surface area contributed by atoms with Gasteiger partial charge in [0.2, 0.25) is 0 Å². The molecule has 94 valence electrons. The van der Waals surface area contributed by atoms with Crippen molar-refractivity contribution in [3.63, 3.8) is 0 Å². The summed E-state index contributed by atoms with van der Waals surface area (Å²) in [6, 6.07) is 12.8. The van der Waals surface area contributed by atoms with Gasteiger partial charge in [-0.2, -0.15) is 0 Å². The van der Waals surface area contributed by atoms with Crippen molar-refractivity contribution in [3.8, 4) is 11.1 Å². The van der Waals surface area contributed by atoms with Gasteiger partial charge >= 0.3 is 0 Å². The second-order valence-electron chi connectivity index (χ2n) is 4.46. The van der Waals surface area contributed by atoms with Crippen molar-refractivity contribution in [2.45, 2.75) is 13.8 Å². The second-order valence-corrected chi connectivity index (χ2v) is 4.46. The third-order valence-electron chi connectivity index (χ3n) is 3.50. The highest BCUT2D eigenvalue weighted by Gasteiger charge is 2.09. The molecular formula is C16H20N2. The smallest absolute Gasteiger partial charge is 0.0373 e. The molecule has 2 aromatic rings. The maximum atomic E-state index is 3.24. The molecule has 0 radical (unpaired) electrons. The fraction of sp³-hybridized carbons (Fsp3) is 0.250. The van der Waals surface area contributed by atoms with E-state index in [1.54, 1.807) is 0 Å². The quantitative estimate of drug-likeness (QED) is 0.845. The first kappa shape index (κ1) is 12.5. The molecule has 2 rings (SSSR count). The molecule has 0 aliphatic heterocycles. The van der Waals surface area contributed by atoms with Crippen LogP contribution in [-0.2, 0) is 0 Å². The van der Waals surface area contributed by atoms with Crippen LogP contribution in [0.3, 0.4) is 0 Å². The summed E-state index contributed by atoms with van der Waals surface area (Å²) in [4.78, 5) is 0. The molecule has 0 aliphatic rings. The van der Waals surface area contributed by atoms with Gasteiger partial charge in [-0.25, -0.2) is 0 Å². The Morgan fingerprint density at radius 2 is 1.06 bits per heavy atom. The van der Waals surface area contributed by atoms with Crippen molar-refractivity contribution in [2.24, 2.45) is 0 Å². The van der Waals surface area contributed by atoms with Gasteiger partial charge in [0, 0.05) is 25.5 Å². The minimum atomic E-state index is 1.18. The standard InChI is InChI=1S/C16H20N2/c1-11-13(7-5-9-15(11)17-3)14-8-6-10-16(18-4)12(14)2/h5-10,17-18H,1-4H3. The van der Waals surface area contributed by atoms with E-state index in [9.17, 15) is 0 Å². The van der Waals surface area contributed by atoms with Gasteiger partial charge in [-0.3, -0.25) is 0 Å². The molecule has 2 nitrogen and oxygen atoms in total. The lowest BCUT2D eigenvalue weighted by Gasteiger charge is -2.15. The van der Waals surface area contributed by atoms with Crippen molar-refractivity contribution < 1.29 is 0 Å². The molecule has 0 unspecified atom stereocenters. The zero-order chi connectivity index (χ0) is 13.1. The molecule has 0 aliphatic carbocycles. The first-order valence-electron chi connectivity index (χ1n) is 6.24. The van der Waals surface area contributed by atoms with Crippen LogP contribution in [-0.4, -0.2) is 14.1 Å². The van der Waals surface area contributed by atoms with E-state index in [0.717, 1.165) is 0 Å². The predicted octanol–water partition coefficient (Wildman–Crippen LogP) is 4.05. The first-order chi connectivity index (χ1) is 8.69. The summed E-state index contributed by atoms with van der Waals surface area (Å²) in [5, 5.41) is 6.48. The summed E-state index contributed by atoms with van der Waals surface area (Å²) >= 11 is 0. The Balaban J connectivity index is 2.62. The van der Waals surface area contributed by atoms with Crippen molar-refractivity contribution in [2.75, 3.05) is 24.7 Å². The van der Waals surface area contributed by atoms with Gasteiger partial charge in [0.05, 0.1) is 0 Å². The number of nitrogens with one attached hydrogen (secondary N) is 2. The monoisotopic (exact) mass is 240 g/mol. The van der Waals surface area contributed by atoms with Crippen LogP contribution in [0.4, 0.5) is 11.4 Å². The molecule has 0 spiro atoms. The van der Waals surface area contributed by atoms with E-state index >= 15 is 0 Å². The Bertz CT molecular complexity index is 508. The largest absolute Gasteiger partial charge is 0.388 e. The topological polar surface area (TPSA) is 24.1 Å². The Hall–Kier alpha value is -1.96. The minimum Gasteiger partial charge on any atom is -0.388 e. The second kappa shape index (κ2) is 5.13. The fourth-order valence-electron chi connectivity index (χ4n) is 2.40. The summed E-state index contributed by atoms with van der Waals surface area (Å²) in [6.07, 6.45) is 0. The molecule has 2 aromatic carbocycles. The Morgan fingerprint density at radius 3 is 1.39 bits per heavy atom. The van der Waals surface area contributed by atoms with Crippen molar-refractivity contribution in [1.29, 1.82) is 0 Å². The highest BCUT2D eigenvalue weighted by molar-refractivity contribution is 5.79. The van der Waals surface area contributed by atoms with Crippen LogP contribution in [0.25, 0.3) is 11.1 Å². The number of rotatable bonds is 3. The first-order valence-corrected chi connectivity index (χ1v) is 6.24. The summed E-state index contributed by atoms with van der Waals surface area (Å²) < 4.78 is 0. The van der Waals surface area contributed by atoms with Crippen LogP contribution in [0.2, 0.25) is 0 Å². The van der Waals surface area contributed by atoms with Gasteiger partial charge in [0.15, 0.2) is 0 Å². The molecular weight excluding hydrogens is 220 g/mol. The van der Waals surface area contributed by atoms with Crippen LogP contribution < -0.4 is 10.6 Å². The average molecular weight is 240 g/mol. The average Bonchev–Trinajstić information content (AvgIpc) is 2.40. The molecule has 0 saturated heterocycles. The summed E-state index contributed by atoms with van der Waals surface area (Å²) in [5.41, 5.74) is 7.52. The molecule has 2 N–H and O–H groups in total. The number of hydrogen-bond acceptors (Lipinski definition) is 2. The van der Waals surface area contributed by atoms with E-state index in [2.05, 4.69) is 60.9 Å². The number of anilines is 2. The van der Waals surface area contributed by atoms with Gasteiger partial charge in [0.1, 0.15) is 0 Å². The fourth-order valence-corrected chi connectivity index (χ4v) is 2.40. The lowest BCUT2D eigenvalue weighted by molar-refractivity contribution is 1.36. The molecule has 0 atom stereocenters. The molecule has 0 saturated carbocycles. The highest BCUT2D eigenvalue weighted by atomic mass is 14.8. The lowest BCUT2D eigenvalue weighted by Crippen LogP contribution is -1.97. The predicted molar refractivity (Wildman–Crippen MR) is 80.4 cm³/mol. The third-order valence-corrected chi connectivity index (χ3v) is 3.50. The summed E-state index contributed by atoms with van der Waals surface area (Å²) in [6.45, 7) is 4.32. The van der Waals surface area contributed by atoms with E-state index in [-0.39, 0.29) is 0 Å². The Kier molecular flexibility index (Phi) is 3.56. The summed E-state index contributed by atoms with van der Waals surface area (Å²) in [7, 11) is 3.92. The Labute approximate surface area is 109 Å². The van der Waals surface area contributed by atoms with Gasteiger partial charge < -0.3 is 10.6 Å². The van der Waals surface area contributed by atoms with E-state index < -0.39 is 0 Å². The molecule has 2 heteroatoms. The van der Waals surface area contributed by atoms with Crippen LogP contribution in [0.15, 0.2) is 36.4 Å². The van der Waals surface area contributed by atoms with Crippen molar-refractivity contribution in [1.82, 2.24) is 0 Å². The number of hydrogen-bond donors (Lipinski definition) is 2. The SMILES string of the molecule is CNc1cccc(-c2cccc(NC)c2C)c1C. The number of benzene rings is 2. The molecule has 0 amide bonds. The normalized spacial score (nSPS) is 10.2. The molecule has 0 bridgehead atoms. The molecule has 0 heterocycles. The van der Waals surface area contributed by atoms with Crippen LogP contribution >= 0.6 is 0 Å². The van der Waals surface area contributed by atoms with Crippen LogP contribution in [0.1, 0.15) is 11.1 Å². The van der Waals surface area contributed by atoms with Crippen LogP contribution in [0, 0.1) is 13.8 Å². The lowest BCUT2D eigenvalue weighted by atomic mass is 9.94. The molecule has 0 fully saturated rings. The van der Waals surface area contributed by atoms with Gasteiger partial charge in [-0.1, -0.05) is 24.3 Å². The maximum absolute atomic E-state index is 3.24. The van der Waals surface area contributed by atoms with E-state index in [1.807, 2.05) is 14.1 Å². The van der Waals surface area contributed by atoms with Crippen LogP contribution in [0.5, 0.6) is 0 Å². The zero-order valence-corrected chi connectivity index (χ0v) is 11.5. The van der Waals surface area contributed by atoms with Crippen molar-refractivity contribution in [3.05, 3.63) is 47.5 Å².